The Labute approximate surface area is 159 Å². The van der Waals surface area contributed by atoms with E-state index in [9.17, 15) is 13.2 Å². The van der Waals surface area contributed by atoms with Gasteiger partial charge in [-0.25, -0.2) is 17.6 Å². The maximum atomic E-state index is 10.7. The third-order valence-corrected chi connectivity index (χ3v) is 6.82. The molecule has 0 unspecified atom stereocenters. The average Bonchev–Trinajstić information content (AvgIpc) is 2.92. The van der Waals surface area contributed by atoms with E-state index < -0.39 is 24.4 Å². The molecule has 27 heavy (non-hydrogen) atoms. The molecule has 0 atom stereocenters. The van der Waals surface area contributed by atoms with Crippen LogP contribution < -0.4 is 4.57 Å². The molecular formula is C14H27F3N2O6SSi. The van der Waals surface area contributed by atoms with Crippen molar-refractivity contribution >= 4 is 18.9 Å². The predicted molar refractivity (Wildman–Crippen MR) is 91.4 cm³/mol. The van der Waals surface area contributed by atoms with Gasteiger partial charge in [0.1, 0.15) is 12.4 Å². The second-order valence-electron chi connectivity index (χ2n) is 5.30. The number of aromatic nitrogens is 2. The fraction of sp³-hybridized carbons (Fsp3) is 0.786. The van der Waals surface area contributed by atoms with Gasteiger partial charge in [-0.1, -0.05) is 0 Å². The van der Waals surface area contributed by atoms with Crippen molar-refractivity contribution in [2.45, 2.75) is 45.3 Å². The van der Waals surface area contributed by atoms with Gasteiger partial charge in [0.2, 0.25) is 6.33 Å². The number of alkyl halides is 3. The van der Waals surface area contributed by atoms with Gasteiger partial charge < -0.3 is 17.8 Å². The molecular weight excluding hydrogens is 409 g/mol. The number of rotatable bonds is 10. The first-order chi connectivity index (χ1) is 12.4. The number of hydrogen-bond acceptors (Lipinski definition) is 6. The summed E-state index contributed by atoms with van der Waals surface area (Å²) in [6, 6.07) is 0.865. The summed E-state index contributed by atoms with van der Waals surface area (Å²) < 4.78 is 80.6. The van der Waals surface area contributed by atoms with Crippen LogP contribution in [0.25, 0.3) is 0 Å². The number of aryl methyl sites for hydroxylation is 2. The first-order valence-electron chi connectivity index (χ1n) is 8.35. The van der Waals surface area contributed by atoms with E-state index in [-0.39, 0.29) is 0 Å². The summed E-state index contributed by atoms with van der Waals surface area (Å²) in [6.07, 6.45) is 7.19. The van der Waals surface area contributed by atoms with Crippen LogP contribution in [-0.2, 0) is 37.0 Å². The van der Waals surface area contributed by atoms with Crippen molar-refractivity contribution < 1.29 is 44.0 Å². The molecule has 0 aliphatic carbocycles. The summed E-state index contributed by atoms with van der Waals surface area (Å²) in [5.74, 6) is 0. The molecule has 0 fully saturated rings. The van der Waals surface area contributed by atoms with Crippen LogP contribution in [0.3, 0.4) is 0 Å². The van der Waals surface area contributed by atoms with Crippen molar-refractivity contribution in [3.63, 3.8) is 0 Å². The van der Waals surface area contributed by atoms with Crippen molar-refractivity contribution in [2.75, 3.05) is 19.8 Å². The van der Waals surface area contributed by atoms with Crippen molar-refractivity contribution in [2.24, 2.45) is 7.05 Å². The van der Waals surface area contributed by atoms with Gasteiger partial charge >= 0.3 is 14.3 Å². The molecule has 1 aromatic rings. The normalized spacial score (nSPS) is 12.6. The average molecular weight is 437 g/mol. The standard InChI is InChI=1S/C13H27N2O3Si.CHF3O3S/c1-5-16-19(17-6-2,18-7-3)12-8-9-15-11-10-14(4)13-15;2-1(3,4)8(5,6)7/h10-11,13H,5-9,12H2,1-4H3;(H,5,6,7)/q+1;/p-1. The lowest BCUT2D eigenvalue weighted by Crippen LogP contribution is -2.46. The molecule has 0 aliphatic heterocycles. The van der Waals surface area contributed by atoms with Crippen LogP contribution in [0, 0.1) is 0 Å². The zero-order valence-electron chi connectivity index (χ0n) is 15.9. The monoisotopic (exact) mass is 436 g/mol. The van der Waals surface area contributed by atoms with Gasteiger partial charge in [-0.2, -0.15) is 13.2 Å². The summed E-state index contributed by atoms with van der Waals surface area (Å²) in [5.41, 5.74) is -5.65. The van der Waals surface area contributed by atoms with E-state index in [1.165, 1.54) is 0 Å². The van der Waals surface area contributed by atoms with Gasteiger partial charge in [-0.3, -0.25) is 0 Å². The molecule has 0 saturated carbocycles. The van der Waals surface area contributed by atoms with Crippen LogP contribution in [0.2, 0.25) is 6.04 Å². The smallest absolute Gasteiger partial charge is 0.501 e. The third-order valence-electron chi connectivity index (χ3n) is 3.10. The lowest BCUT2D eigenvalue weighted by atomic mass is 10.5. The zero-order valence-corrected chi connectivity index (χ0v) is 17.7. The molecule has 0 bridgehead atoms. The molecule has 0 saturated heterocycles. The minimum absolute atomic E-state index is 0.644. The van der Waals surface area contributed by atoms with Crippen LogP contribution in [0.5, 0.6) is 0 Å². The van der Waals surface area contributed by atoms with Crippen molar-refractivity contribution in [3.8, 4) is 0 Å². The van der Waals surface area contributed by atoms with E-state index in [4.69, 9.17) is 26.2 Å². The summed E-state index contributed by atoms with van der Waals surface area (Å²) in [6.45, 7) is 8.87. The predicted octanol–water partition coefficient (Wildman–Crippen LogP) is 1.80. The highest BCUT2D eigenvalue weighted by molar-refractivity contribution is 7.86. The van der Waals surface area contributed by atoms with Crippen LogP contribution in [0.1, 0.15) is 27.2 Å². The molecule has 1 rings (SSSR count). The second-order valence-corrected chi connectivity index (χ2v) is 9.41. The van der Waals surface area contributed by atoms with Crippen molar-refractivity contribution in [3.05, 3.63) is 18.7 Å². The number of imidazole rings is 1. The molecule has 0 amide bonds. The Bertz CT molecular complexity index is 622. The molecule has 0 spiro atoms. The summed E-state index contributed by atoms with van der Waals surface area (Å²) >= 11 is 0. The van der Waals surface area contributed by atoms with E-state index in [0.717, 1.165) is 19.0 Å². The van der Waals surface area contributed by atoms with E-state index in [2.05, 4.69) is 17.1 Å². The molecule has 0 radical (unpaired) electrons. The van der Waals surface area contributed by atoms with E-state index in [0.29, 0.717) is 19.8 Å². The molecule has 0 N–H and O–H groups in total. The fourth-order valence-electron chi connectivity index (χ4n) is 2.11. The Morgan fingerprint density at radius 3 is 1.85 bits per heavy atom. The van der Waals surface area contributed by atoms with Crippen molar-refractivity contribution in [1.82, 2.24) is 4.57 Å². The Kier molecular flexibility index (Phi) is 11.3. The highest BCUT2D eigenvalue weighted by Crippen LogP contribution is 2.20. The minimum Gasteiger partial charge on any atom is -0.741 e. The number of halogens is 3. The SMILES string of the molecule is CCO[Si](CCCn1cc[n+](C)c1)(OCC)OCC.O=S(=O)([O-])C(F)(F)F. The van der Waals surface area contributed by atoms with Crippen LogP contribution >= 0.6 is 0 Å². The van der Waals surface area contributed by atoms with Gasteiger partial charge in [0.25, 0.3) is 0 Å². The number of nitrogens with zero attached hydrogens (tertiary/aromatic N) is 2. The number of hydrogen-bond donors (Lipinski definition) is 0. The van der Waals surface area contributed by atoms with Gasteiger partial charge in [0.15, 0.2) is 10.1 Å². The molecule has 0 aliphatic rings. The van der Waals surface area contributed by atoms with E-state index in [1.54, 1.807) is 0 Å². The van der Waals surface area contributed by atoms with E-state index >= 15 is 0 Å². The second kappa shape index (κ2) is 11.8. The zero-order chi connectivity index (χ0) is 21.1. The minimum atomic E-state index is -6.09. The largest absolute Gasteiger partial charge is 0.741 e. The Morgan fingerprint density at radius 1 is 1.11 bits per heavy atom. The first-order valence-corrected chi connectivity index (χ1v) is 11.7. The maximum Gasteiger partial charge on any atom is 0.501 e. The highest BCUT2D eigenvalue weighted by atomic mass is 32.2. The molecule has 160 valence electrons. The Hall–Kier alpha value is -0.993. The Morgan fingerprint density at radius 2 is 1.56 bits per heavy atom. The molecule has 0 aromatic carbocycles. The molecule has 1 aromatic heterocycles. The maximum absolute atomic E-state index is 10.7. The van der Waals surface area contributed by atoms with Gasteiger partial charge in [-0.05, 0) is 27.2 Å². The van der Waals surface area contributed by atoms with Crippen LogP contribution in [0.4, 0.5) is 13.2 Å². The first kappa shape index (κ1) is 26.0. The van der Waals surface area contributed by atoms with Gasteiger partial charge in [-0.15, -0.1) is 0 Å². The van der Waals surface area contributed by atoms with Gasteiger partial charge in [0, 0.05) is 25.9 Å². The van der Waals surface area contributed by atoms with Crippen LogP contribution in [-0.4, -0.2) is 51.7 Å². The Balaban J connectivity index is 0.000000713. The highest BCUT2D eigenvalue weighted by Gasteiger charge is 2.39. The van der Waals surface area contributed by atoms with E-state index in [1.807, 2.05) is 38.6 Å². The molecule has 8 nitrogen and oxygen atoms in total. The van der Waals surface area contributed by atoms with Crippen molar-refractivity contribution in [1.29, 1.82) is 0 Å². The summed E-state index contributed by atoms with van der Waals surface area (Å²) in [5, 5.41) is 0. The molecule has 1 heterocycles. The molecule has 13 heteroatoms. The topological polar surface area (TPSA) is 93.7 Å². The summed E-state index contributed by atoms with van der Waals surface area (Å²) in [7, 11) is -6.53. The summed E-state index contributed by atoms with van der Waals surface area (Å²) in [4.78, 5) is 0. The fourth-order valence-corrected chi connectivity index (χ4v) is 4.71. The lowest BCUT2D eigenvalue weighted by molar-refractivity contribution is -0.671. The quantitative estimate of drug-likeness (QED) is 0.240. The van der Waals surface area contributed by atoms with Crippen LogP contribution in [0.15, 0.2) is 18.7 Å². The third kappa shape index (κ3) is 10.2. The van der Waals surface area contributed by atoms with Gasteiger partial charge in [0.05, 0.1) is 13.6 Å². The lowest BCUT2D eigenvalue weighted by Gasteiger charge is -2.28.